The number of aliphatic imine (C=N–C) groups is 1. The number of ether oxygens (including phenoxy) is 1. The molecule has 0 unspecified atom stereocenters. The van der Waals surface area contributed by atoms with Gasteiger partial charge < -0.3 is 4.74 Å². The van der Waals surface area contributed by atoms with Crippen molar-refractivity contribution in [2.24, 2.45) is 4.99 Å². The average Bonchev–Trinajstić information content (AvgIpc) is 2.29. The summed E-state index contributed by atoms with van der Waals surface area (Å²) in [5.74, 6) is 0.942. The molecule has 0 spiro atoms. The SMILES string of the molecule is CN=C(SC)c1ccc(OC)c(C(C)(C)C)c1. The van der Waals surface area contributed by atoms with Gasteiger partial charge in [-0.25, -0.2) is 0 Å². The Kier molecular flexibility index (Phi) is 4.63. The Balaban J connectivity index is 3.32. The molecule has 0 aliphatic heterocycles. The van der Waals surface area contributed by atoms with Crippen LogP contribution in [0.2, 0.25) is 0 Å². The van der Waals surface area contributed by atoms with Crippen molar-refractivity contribution in [3.8, 4) is 5.75 Å². The Morgan fingerprint density at radius 2 is 1.94 bits per heavy atom. The molecule has 0 radical (unpaired) electrons. The molecule has 0 fully saturated rings. The predicted molar refractivity (Wildman–Crippen MR) is 77.7 cm³/mol. The van der Waals surface area contributed by atoms with Crippen LogP contribution in [0.25, 0.3) is 0 Å². The maximum Gasteiger partial charge on any atom is 0.122 e. The van der Waals surface area contributed by atoms with E-state index in [9.17, 15) is 0 Å². The predicted octanol–water partition coefficient (Wildman–Crippen LogP) is 3.73. The van der Waals surface area contributed by atoms with Crippen LogP contribution in [-0.4, -0.2) is 25.5 Å². The molecule has 0 saturated carbocycles. The third kappa shape index (κ3) is 3.25. The van der Waals surface area contributed by atoms with Crippen LogP contribution in [0.4, 0.5) is 0 Å². The maximum atomic E-state index is 5.43. The van der Waals surface area contributed by atoms with Crippen LogP contribution in [0.3, 0.4) is 0 Å². The van der Waals surface area contributed by atoms with Crippen LogP contribution >= 0.6 is 11.8 Å². The third-order valence-corrected chi connectivity index (χ3v) is 3.46. The summed E-state index contributed by atoms with van der Waals surface area (Å²) in [6.07, 6.45) is 2.04. The highest BCUT2D eigenvalue weighted by Gasteiger charge is 2.19. The Bertz CT molecular complexity index is 419. The molecule has 3 heteroatoms. The van der Waals surface area contributed by atoms with Crippen molar-refractivity contribution in [1.29, 1.82) is 0 Å². The fourth-order valence-corrected chi connectivity index (χ4v) is 2.31. The smallest absolute Gasteiger partial charge is 0.122 e. The lowest BCUT2D eigenvalue weighted by Gasteiger charge is -2.23. The van der Waals surface area contributed by atoms with Gasteiger partial charge in [-0.1, -0.05) is 20.8 Å². The molecule has 1 rings (SSSR count). The van der Waals surface area contributed by atoms with E-state index in [1.165, 1.54) is 5.56 Å². The summed E-state index contributed by atoms with van der Waals surface area (Å²) in [4.78, 5) is 4.29. The van der Waals surface area contributed by atoms with Crippen LogP contribution in [0.15, 0.2) is 23.2 Å². The number of rotatable bonds is 2. The highest BCUT2D eigenvalue weighted by molar-refractivity contribution is 8.13. The summed E-state index contributed by atoms with van der Waals surface area (Å²) in [6.45, 7) is 6.57. The summed E-state index contributed by atoms with van der Waals surface area (Å²) in [5.41, 5.74) is 2.44. The molecule has 0 amide bonds. The molecule has 0 bridgehead atoms. The standard InChI is InChI=1S/C14H21NOS/c1-14(2,3)11-9-10(13(15-4)17-6)7-8-12(11)16-5/h7-9H,1-6H3. The summed E-state index contributed by atoms with van der Waals surface area (Å²) in [7, 11) is 3.54. The molecule has 17 heavy (non-hydrogen) atoms. The number of hydrogen-bond donors (Lipinski definition) is 0. The second-order valence-corrected chi connectivity index (χ2v) is 5.69. The van der Waals surface area contributed by atoms with E-state index in [0.29, 0.717) is 0 Å². The fraction of sp³-hybridized carbons (Fsp3) is 0.500. The molecule has 1 aromatic carbocycles. The van der Waals surface area contributed by atoms with Gasteiger partial charge in [0.15, 0.2) is 0 Å². The molecular weight excluding hydrogens is 230 g/mol. The first-order chi connectivity index (χ1) is 7.93. The number of benzene rings is 1. The Labute approximate surface area is 108 Å². The lowest BCUT2D eigenvalue weighted by Crippen LogP contribution is -2.14. The zero-order valence-electron chi connectivity index (χ0n) is 11.5. The van der Waals surface area contributed by atoms with E-state index >= 15 is 0 Å². The first kappa shape index (κ1) is 14.1. The zero-order valence-corrected chi connectivity index (χ0v) is 12.3. The van der Waals surface area contributed by atoms with E-state index in [4.69, 9.17) is 4.74 Å². The van der Waals surface area contributed by atoms with Gasteiger partial charge in [0, 0.05) is 18.2 Å². The molecule has 2 nitrogen and oxygen atoms in total. The van der Waals surface area contributed by atoms with Crippen molar-refractivity contribution < 1.29 is 4.74 Å². The Morgan fingerprint density at radius 3 is 2.35 bits per heavy atom. The minimum absolute atomic E-state index is 0.0681. The van der Waals surface area contributed by atoms with Crippen molar-refractivity contribution in [2.75, 3.05) is 20.4 Å². The van der Waals surface area contributed by atoms with Gasteiger partial charge in [0.2, 0.25) is 0 Å². The second-order valence-electron chi connectivity index (χ2n) is 4.90. The van der Waals surface area contributed by atoms with E-state index in [1.54, 1.807) is 18.9 Å². The zero-order chi connectivity index (χ0) is 13.1. The lowest BCUT2D eigenvalue weighted by molar-refractivity contribution is 0.397. The van der Waals surface area contributed by atoms with E-state index < -0.39 is 0 Å². The first-order valence-electron chi connectivity index (χ1n) is 5.63. The van der Waals surface area contributed by atoms with Crippen molar-refractivity contribution in [2.45, 2.75) is 26.2 Å². The van der Waals surface area contributed by atoms with Gasteiger partial charge in [-0.2, -0.15) is 0 Å². The van der Waals surface area contributed by atoms with Crippen LogP contribution < -0.4 is 4.74 Å². The fourth-order valence-electron chi connectivity index (χ4n) is 1.77. The molecule has 0 aliphatic rings. The van der Waals surface area contributed by atoms with Gasteiger partial charge in [-0.15, -0.1) is 11.8 Å². The molecule has 0 atom stereocenters. The van der Waals surface area contributed by atoms with E-state index in [2.05, 4.69) is 37.9 Å². The van der Waals surface area contributed by atoms with Crippen LogP contribution in [-0.2, 0) is 5.41 Å². The lowest BCUT2D eigenvalue weighted by atomic mass is 9.85. The Hall–Kier alpha value is -0.960. The quantitative estimate of drug-likeness (QED) is 0.590. The molecule has 1 aromatic rings. The van der Waals surface area contributed by atoms with Crippen molar-refractivity contribution in [3.05, 3.63) is 29.3 Å². The van der Waals surface area contributed by atoms with Crippen LogP contribution in [0.5, 0.6) is 5.75 Å². The first-order valence-corrected chi connectivity index (χ1v) is 6.86. The summed E-state index contributed by atoms with van der Waals surface area (Å²) in [6, 6.07) is 6.27. The van der Waals surface area contributed by atoms with Gasteiger partial charge in [0.1, 0.15) is 5.75 Å². The molecule has 0 heterocycles. The van der Waals surface area contributed by atoms with Gasteiger partial charge in [0.05, 0.1) is 12.2 Å². The summed E-state index contributed by atoms with van der Waals surface area (Å²) < 4.78 is 5.43. The van der Waals surface area contributed by atoms with E-state index in [0.717, 1.165) is 16.4 Å². The normalized spacial score (nSPS) is 12.7. The van der Waals surface area contributed by atoms with Gasteiger partial charge in [-0.3, -0.25) is 4.99 Å². The number of thioether (sulfide) groups is 1. The molecular formula is C14H21NOS. The van der Waals surface area contributed by atoms with Gasteiger partial charge >= 0.3 is 0 Å². The topological polar surface area (TPSA) is 21.6 Å². The molecule has 94 valence electrons. The van der Waals surface area contributed by atoms with Crippen molar-refractivity contribution in [1.82, 2.24) is 0 Å². The molecule has 0 aromatic heterocycles. The molecule has 0 saturated heterocycles. The Morgan fingerprint density at radius 1 is 1.29 bits per heavy atom. The summed E-state index contributed by atoms with van der Waals surface area (Å²) in [5, 5.41) is 1.05. The van der Waals surface area contributed by atoms with E-state index in [1.807, 2.05) is 19.4 Å². The van der Waals surface area contributed by atoms with Crippen molar-refractivity contribution in [3.63, 3.8) is 0 Å². The van der Waals surface area contributed by atoms with Crippen molar-refractivity contribution >= 4 is 16.8 Å². The highest BCUT2D eigenvalue weighted by Crippen LogP contribution is 2.32. The number of methoxy groups -OCH3 is 1. The van der Waals surface area contributed by atoms with Gasteiger partial charge in [-0.05, 0) is 29.9 Å². The number of nitrogens with zero attached hydrogens (tertiary/aromatic N) is 1. The molecule has 0 aliphatic carbocycles. The van der Waals surface area contributed by atoms with Crippen LogP contribution in [0, 0.1) is 0 Å². The monoisotopic (exact) mass is 251 g/mol. The number of hydrogen-bond acceptors (Lipinski definition) is 3. The third-order valence-electron chi connectivity index (χ3n) is 2.65. The van der Waals surface area contributed by atoms with Gasteiger partial charge in [0.25, 0.3) is 0 Å². The minimum atomic E-state index is 0.0681. The molecule has 0 N–H and O–H groups in total. The highest BCUT2D eigenvalue weighted by atomic mass is 32.2. The van der Waals surface area contributed by atoms with E-state index in [-0.39, 0.29) is 5.41 Å². The minimum Gasteiger partial charge on any atom is -0.496 e. The maximum absolute atomic E-state index is 5.43. The average molecular weight is 251 g/mol. The summed E-state index contributed by atoms with van der Waals surface area (Å²) >= 11 is 1.66. The second kappa shape index (κ2) is 5.58. The largest absolute Gasteiger partial charge is 0.496 e. The van der Waals surface area contributed by atoms with Crippen LogP contribution in [0.1, 0.15) is 31.9 Å².